The molecule has 2 rings (SSSR count). The number of carbonyl (C=O) groups is 1. The minimum absolute atomic E-state index is 0.154. The Kier molecular flexibility index (Phi) is 3.21. The Hall–Kier alpha value is -0.680. The Balaban J connectivity index is 1.97. The number of nitrogens with zero attached hydrogens (tertiary/aromatic N) is 2. The van der Waals surface area contributed by atoms with Crippen LogP contribution in [-0.4, -0.2) is 22.1 Å². The molecule has 0 saturated heterocycles. The van der Waals surface area contributed by atoms with E-state index in [1.807, 2.05) is 0 Å². The maximum atomic E-state index is 11.7. The van der Waals surface area contributed by atoms with Gasteiger partial charge >= 0.3 is 0 Å². The van der Waals surface area contributed by atoms with E-state index in [0.717, 1.165) is 17.8 Å². The van der Waals surface area contributed by atoms with Gasteiger partial charge in [0.05, 0.1) is 0 Å². The zero-order valence-electron chi connectivity index (χ0n) is 8.36. The summed E-state index contributed by atoms with van der Waals surface area (Å²) in [6, 6.07) is 0.278. The lowest BCUT2D eigenvalue weighted by molar-refractivity contribution is 0.0928. The van der Waals surface area contributed by atoms with Crippen molar-refractivity contribution in [2.75, 3.05) is 0 Å². The molecule has 15 heavy (non-hydrogen) atoms. The molecule has 82 valence electrons. The molecular formula is C9H12ClN3OS. The first-order chi connectivity index (χ1) is 7.16. The third-order valence-electron chi connectivity index (χ3n) is 2.77. The lowest BCUT2D eigenvalue weighted by Crippen LogP contribution is -2.36. The van der Waals surface area contributed by atoms with Crippen LogP contribution in [0, 0.1) is 5.92 Å². The van der Waals surface area contributed by atoms with Gasteiger partial charge < -0.3 is 5.32 Å². The van der Waals surface area contributed by atoms with Crippen LogP contribution in [-0.2, 0) is 0 Å². The van der Waals surface area contributed by atoms with E-state index < -0.39 is 0 Å². The SMILES string of the molecule is CC1CCCC1NC(=O)c1nnc(Cl)s1. The maximum absolute atomic E-state index is 11.7. The number of hydrogen-bond donors (Lipinski definition) is 1. The summed E-state index contributed by atoms with van der Waals surface area (Å²) in [7, 11) is 0. The Labute approximate surface area is 97.0 Å². The lowest BCUT2D eigenvalue weighted by Gasteiger charge is -2.15. The fourth-order valence-corrected chi connectivity index (χ4v) is 2.62. The summed E-state index contributed by atoms with van der Waals surface area (Å²) in [5.41, 5.74) is 0. The second-order valence-corrected chi connectivity index (χ2v) is 5.41. The molecule has 2 atom stereocenters. The Morgan fingerprint density at radius 3 is 2.87 bits per heavy atom. The van der Waals surface area contributed by atoms with Gasteiger partial charge in [0.2, 0.25) is 9.47 Å². The summed E-state index contributed by atoms with van der Waals surface area (Å²) < 4.78 is 0.305. The van der Waals surface area contributed by atoms with E-state index in [1.165, 1.54) is 12.8 Å². The van der Waals surface area contributed by atoms with E-state index in [9.17, 15) is 4.79 Å². The Morgan fingerprint density at radius 1 is 1.53 bits per heavy atom. The predicted octanol–water partition coefficient (Wildman–Crippen LogP) is 2.11. The fraction of sp³-hybridized carbons (Fsp3) is 0.667. The van der Waals surface area contributed by atoms with E-state index in [-0.39, 0.29) is 11.9 Å². The largest absolute Gasteiger partial charge is 0.347 e. The highest BCUT2D eigenvalue weighted by Crippen LogP contribution is 2.25. The highest BCUT2D eigenvalue weighted by molar-refractivity contribution is 7.17. The molecule has 1 heterocycles. The summed E-state index contributed by atoms with van der Waals surface area (Å²) >= 11 is 6.73. The summed E-state index contributed by atoms with van der Waals surface area (Å²) in [5.74, 6) is 0.399. The second kappa shape index (κ2) is 4.45. The molecule has 1 amide bonds. The summed E-state index contributed by atoms with van der Waals surface area (Å²) in [4.78, 5) is 11.7. The normalized spacial score (nSPS) is 25.5. The Bertz CT molecular complexity index is 368. The molecule has 1 saturated carbocycles. The molecule has 1 N–H and O–H groups in total. The molecular weight excluding hydrogens is 234 g/mol. The van der Waals surface area contributed by atoms with E-state index in [2.05, 4.69) is 22.4 Å². The van der Waals surface area contributed by atoms with Gasteiger partial charge in [0.1, 0.15) is 0 Å². The topological polar surface area (TPSA) is 54.9 Å². The van der Waals surface area contributed by atoms with Crippen molar-refractivity contribution in [1.82, 2.24) is 15.5 Å². The molecule has 0 bridgehead atoms. The summed E-state index contributed by atoms with van der Waals surface area (Å²) in [6.45, 7) is 2.16. The van der Waals surface area contributed by atoms with Crippen molar-refractivity contribution < 1.29 is 4.79 Å². The molecule has 1 fully saturated rings. The first kappa shape index (κ1) is 10.8. The van der Waals surface area contributed by atoms with Crippen LogP contribution in [0.2, 0.25) is 4.47 Å². The summed E-state index contributed by atoms with van der Waals surface area (Å²) in [6.07, 6.45) is 3.42. The van der Waals surface area contributed by atoms with Crippen molar-refractivity contribution in [2.45, 2.75) is 32.2 Å². The average Bonchev–Trinajstić information content (AvgIpc) is 2.77. The average molecular weight is 246 g/mol. The van der Waals surface area contributed by atoms with Crippen molar-refractivity contribution in [2.24, 2.45) is 5.92 Å². The van der Waals surface area contributed by atoms with Crippen LogP contribution < -0.4 is 5.32 Å². The molecule has 0 aromatic carbocycles. The fourth-order valence-electron chi connectivity index (χ4n) is 1.89. The highest BCUT2D eigenvalue weighted by atomic mass is 35.5. The molecule has 4 nitrogen and oxygen atoms in total. The molecule has 0 spiro atoms. The zero-order valence-corrected chi connectivity index (χ0v) is 9.94. The van der Waals surface area contributed by atoms with Crippen LogP contribution in [0.1, 0.15) is 36.0 Å². The van der Waals surface area contributed by atoms with Gasteiger partial charge in [-0.15, -0.1) is 10.2 Å². The van der Waals surface area contributed by atoms with Gasteiger partial charge in [-0.1, -0.05) is 24.7 Å². The third-order valence-corrected chi connectivity index (χ3v) is 3.79. The number of rotatable bonds is 2. The lowest BCUT2D eigenvalue weighted by atomic mass is 10.1. The highest BCUT2D eigenvalue weighted by Gasteiger charge is 2.26. The van der Waals surface area contributed by atoms with E-state index in [4.69, 9.17) is 11.6 Å². The van der Waals surface area contributed by atoms with Gasteiger partial charge in [0.15, 0.2) is 0 Å². The number of nitrogens with one attached hydrogen (secondary N) is 1. The van der Waals surface area contributed by atoms with Crippen molar-refractivity contribution in [3.63, 3.8) is 0 Å². The van der Waals surface area contributed by atoms with E-state index in [0.29, 0.717) is 15.4 Å². The maximum Gasteiger partial charge on any atom is 0.282 e. The molecule has 6 heteroatoms. The van der Waals surface area contributed by atoms with Gasteiger partial charge in [0, 0.05) is 6.04 Å². The number of carbonyl (C=O) groups excluding carboxylic acids is 1. The second-order valence-electron chi connectivity index (χ2n) is 3.85. The molecule has 0 radical (unpaired) electrons. The third kappa shape index (κ3) is 2.46. The van der Waals surface area contributed by atoms with Crippen LogP contribution >= 0.6 is 22.9 Å². The van der Waals surface area contributed by atoms with E-state index in [1.54, 1.807) is 0 Å². The summed E-state index contributed by atoms with van der Waals surface area (Å²) in [5, 5.41) is 10.6. The molecule has 2 unspecified atom stereocenters. The van der Waals surface area contributed by atoms with Crippen LogP contribution in [0.3, 0.4) is 0 Å². The van der Waals surface area contributed by atoms with E-state index >= 15 is 0 Å². The first-order valence-corrected chi connectivity index (χ1v) is 6.16. The van der Waals surface area contributed by atoms with Crippen molar-refractivity contribution in [3.8, 4) is 0 Å². The number of halogens is 1. The van der Waals surface area contributed by atoms with Crippen molar-refractivity contribution in [1.29, 1.82) is 0 Å². The number of amides is 1. The van der Waals surface area contributed by atoms with Crippen LogP contribution in [0.25, 0.3) is 0 Å². The van der Waals surface area contributed by atoms with Gasteiger partial charge in [-0.2, -0.15) is 0 Å². The number of hydrogen-bond acceptors (Lipinski definition) is 4. The molecule has 0 aliphatic heterocycles. The van der Waals surface area contributed by atoms with Crippen LogP contribution in [0.5, 0.6) is 0 Å². The quantitative estimate of drug-likeness (QED) is 0.868. The van der Waals surface area contributed by atoms with Gasteiger partial charge in [-0.25, -0.2) is 0 Å². The minimum atomic E-state index is -0.154. The zero-order chi connectivity index (χ0) is 10.8. The molecule has 1 aromatic rings. The van der Waals surface area contributed by atoms with Crippen molar-refractivity contribution in [3.05, 3.63) is 9.47 Å². The Morgan fingerprint density at radius 2 is 2.33 bits per heavy atom. The predicted molar refractivity (Wildman–Crippen MR) is 59.2 cm³/mol. The first-order valence-electron chi connectivity index (χ1n) is 4.96. The van der Waals surface area contributed by atoms with Gasteiger partial charge in [-0.05, 0) is 30.4 Å². The monoisotopic (exact) mass is 245 g/mol. The van der Waals surface area contributed by atoms with Gasteiger partial charge in [-0.3, -0.25) is 4.79 Å². The molecule has 1 aromatic heterocycles. The van der Waals surface area contributed by atoms with Gasteiger partial charge in [0.25, 0.3) is 5.91 Å². The number of aromatic nitrogens is 2. The van der Waals surface area contributed by atoms with Crippen LogP contribution in [0.4, 0.5) is 0 Å². The molecule has 1 aliphatic rings. The molecule has 1 aliphatic carbocycles. The smallest absolute Gasteiger partial charge is 0.282 e. The van der Waals surface area contributed by atoms with Crippen LogP contribution in [0.15, 0.2) is 0 Å². The van der Waals surface area contributed by atoms with Crippen molar-refractivity contribution >= 4 is 28.8 Å². The standard InChI is InChI=1S/C9H12ClN3OS/c1-5-3-2-4-6(5)11-7(14)8-12-13-9(10)15-8/h5-6H,2-4H2,1H3,(H,11,14). The minimum Gasteiger partial charge on any atom is -0.347 e.